The minimum absolute atomic E-state index is 0.0146. The summed E-state index contributed by atoms with van der Waals surface area (Å²) in [5.74, 6) is 1.91. The van der Waals surface area contributed by atoms with Gasteiger partial charge in [0, 0.05) is 37.1 Å². The zero-order chi connectivity index (χ0) is 16.9. The van der Waals surface area contributed by atoms with Gasteiger partial charge in [0.05, 0.1) is 12.7 Å². The van der Waals surface area contributed by atoms with Crippen molar-refractivity contribution in [1.82, 2.24) is 4.90 Å². The summed E-state index contributed by atoms with van der Waals surface area (Å²) in [7, 11) is 1.74. The van der Waals surface area contributed by atoms with Gasteiger partial charge in [0.25, 0.3) is 0 Å². The first-order chi connectivity index (χ1) is 11.5. The van der Waals surface area contributed by atoms with Gasteiger partial charge in [-0.3, -0.25) is 4.79 Å². The molecule has 1 aliphatic carbocycles. The van der Waals surface area contributed by atoms with E-state index in [1.807, 2.05) is 4.90 Å². The van der Waals surface area contributed by atoms with Crippen molar-refractivity contribution in [3.8, 4) is 5.75 Å². The van der Waals surface area contributed by atoms with Crippen molar-refractivity contribution in [2.75, 3.05) is 26.8 Å². The van der Waals surface area contributed by atoms with E-state index in [2.05, 4.69) is 32.0 Å². The Morgan fingerprint density at radius 1 is 1.42 bits per heavy atom. The van der Waals surface area contributed by atoms with E-state index < -0.39 is 0 Å². The molecule has 3 aliphatic rings. The van der Waals surface area contributed by atoms with Crippen LogP contribution in [-0.4, -0.2) is 43.7 Å². The average molecular weight is 329 g/mol. The molecule has 4 heteroatoms. The Labute approximate surface area is 144 Å². The lowest BCUT2D eigenvalue weighted by molar-refractivity contribution is -0.132. The van der Waals surface area contributed by atoms with E-state index in [-0.39, 0.29) is 17.4 Å². The van der Waals surface area contributed by atoms with Crippen molar-refractivity contribution in [2.24, 2.45) is 5.92 Å². The number of amides is 1. The number of carbonyl (C=O) groups is 1. The molecule has 0 radical (unpaired) electrons. The third kappa shape index (κ3) is 2.43. The highest BCUT2D eigenvalue weighted by Gasteiger charge is 2.62. The summed E-state index contributed by atoms with van der Waals surface area (Å²) in [6.07, 6.45) is 3.09. The highest BCUT2D eigenvalue weighted by molar-refractivity contribution is 5.85. The average Bonchev–Trinajstić information content (AvgIpc) is 3.09. The number of hydrogen-bond donors (Lipinski definition) is 0. The summed E-state index contributed by atoms with van der Waals surface area (Å²) in [6, 6.07) is 6.54. The minimum atomic E-state index is 0.0146. The molecule has 2 fully saturated rings. The predicted molar refractivity (Wildman–Crippen MR) is 92.4 cm³/mol. The number of methoxy groups -OCH3 is 1. The Bertz CT molecular complexity index is 656. The fourth-order valence-corrected chi connectivity index (χ4v) is 4.44. The second-order valence-corrected chi connectivity index (χ2v) is 7.85. The summed E-state index contributed by atoms with van der Waals surface area (Å²) in [4.78, 5) is 15.0. The number of rotatable bonds is 3. The van der Waals surface area contributed by atoms with Gasteiger partial charge in [-0.1, -0.05) is 26.0 Å². The lowest BCUT2D eigenvalue weighted by Gasteiger charge is -2.29. The molecule has 24 heavy (non-hydrogen) atoms. The molecular formula is C20H27NO3. The van der Waals surface area contributed by atoms with E-state index in [4.69, 9.17) is 9.47 Å². The van der Waals surface area contributed by atoms with Crippen molar-refractivity contribution in [3.05, 3.63) is 29.3 Å². The van der Waals surface area contributed by atoms with Crippen LogP contribution in [0.15, 0.2) is 18.2 Å². The predicted octanol–water partition coefficient (Wildman–Crippen LogP) is 3.10. The molecule has 130 valence electrons. The summed E-state index contributed by atoms with van der Waals surface area (Å²) in [5.41, 5.74) is 2.61. The fraction of sp³-hybridized carbons (Fsp3) is 0.650. The number of fused-ring (bicyclic) bond motifs is 2. The molecule has 3 atom stereocenters. The molecule has 1 aromatic carbocycles. The van der Waals surface area contributed by atoms with Crippen molar-refractivity contribution in [3.63, 3.8) is 0 Å². The smallest absolute Gasteiger partial charge is 0.226 e. The van der Waals surface area contributed by atoms with E-state index >= 15 is 0 Å². The maximum atomic E-state index is 13.0. The van der Waals surface area contributed by atoms with Gasteiger partial charge in [0.2, 0.25) is 5.91 Å². The van der Waals surface area contributed by atoms with Crippen molar-refractivity contribution in [1.29, 1.82) is 0 Å². The van der Waals surface area contributed by atoms with Gasteiger partial charge in [-0.25, -0.2) is 0 Å². The molecule has 2 heterocycles. The Hall–Kier alpha value is -1.55. The monoisotopic (exact) mass is 329 g/mol. The number of benzene rings is 1. The van der Waals surface area contributed by atoms with Crippen molar-refractivity contribution >= 4 is 5.91 Å². The zero-order valence-electron chi connectivity index (χ0n) is 14.9. The van der Waals surface area contributed by atoms with Crippen LogP contribution in [0.5, 0.6) is 5.75 Å². The minimum Gasteiger partial charge on any atom is -0.493 e. The molecule has 0 N–H and O–H groups in total. The van der Waals surface area contributed by atoms with Crippen LogP contribution >= 0.6 is 0 Å². The molecule has 1 amide bonds. The summed E-state index contributed by atoms with van der Waals surface area (Å²) >= 11 is 0. The first-order valence-electron chi connectivity index (χ1n) is 9.14. The molecule has 1 saturated heterocycles. The van der Waals surface area contributed by atoms with Gasteiger partial charge < -0.3 is 14.4 Å². The highest BCUT2D eigenvalue weighted by atomic mass is 16.5. The van der Waals surface area contributed by atoms with Gasteiger partial charge in [0.15, 0.2) is 0 Å². The number of ether oxygens (including phenoxy) is 2. The first kappa shape index (κ1) is 15.9. The third-order valence-electron chi connectivity index (χ3n) is 6.18. The van der Waals surface area contributed by atoms with Gasteiger partial charge in [-0.05, 0) is 36.8 Å². The maximum absolute atomic E-state index is 13.0. The first-order valence-corrected chi connectivity index (χ1v) is 9.14. The lowest BCUT2D eigenvalue weighted by atomic mass is 9.85. The Kier molecular flexibility index (Phi) is 3.83. The molecule has 2 aliphatic heterocycles. The van der Waals surface area contributed by atoms with Crippen LogP contribution in [0.25, 0.3) is 0 Å². The van der Waals surface area contributed by atoms with Crippen LogP contribution < -0.4 is 4.74 Å². The quantitative estimate of drug-likeness (QED) is 0.855. The third-order valence-corrected chi connectivity index (χ3v) is 6.18. The van der Waals surface area contributed by atoms with Gasteiger partial charge in [0.1, 0.15) is 5.75 Å². The topological polar surface area (TPSA) is 38.8 Å². The van der Waals surface area contributed by atoms with Crippen molar-refractivity contribution in [2.45, 2.75) is 50.5 Å². The normalized spacial score (nSPS) is 31.2. The van der Waals surface area contributed by atoms with Crippen LogP contribution in [0.4, 0.5) is 0 Å². The molecule has 1 aromatic rings. The molecule has 0 unspecified atom stereocenters. The van der Waals surface area contributed by atoms with E-state index in [9.17, 15) is 4.79 Å². The molecule has 0 bridgehead atoms. The highest BCUT2D eigenvalue weighted by Crippen LogP contribution is 2.61. The molecule has 1 spiro atoms. The number of carbonyl (C=O) groups excluding carboxylic acids is 1. The van der Waals surface area contributed by atoms with Crippen LogP contribution in [0.3, 0.4) is 0 Å². The molecule has 4 rings (SSSR count). The Balaban J connectivity index is 1.58. The largest absolute Gasteiger partial charge is 0.493 e. The van der Waals surface area contributed by atoms with E-state index in [1.54, 1.807) is 7.11 Å². The molecular weight excluding hydrogens is 302 g/mol. The van der Waals surface area contributed by atoms with E-state index in [0.717, 1.165) is 44.7 Å². The molecule has 1 saturated carbocycles. The second kappa shape index (κ2) is 5.76. The summed E-state index contributed by atoms with van der Waals surface area (Å²) < 4.78 is 11.3. The maximum Gasteiger partial charge on any atom is 0.226 e. The van der Waals surface area contributed by atoms with Crippen LogP contribution in [-0.2, 0) is 14.9 Å². The van der Waals surface area contributed by atoms with Crippen LogP contribution in [0, 0.1) is 5.92 Å². The van der Waals surface area contributed by atoms with E-state index in [1.165, 1.54) is 11.1 Å². The molecule has 4 nitrogen and oxygen atoms in total. The van der Waals surface area contributed by atoms with Gasteiger partial charge in [-0.2, -0.15) is 0 Å². The summed E-state index contributed by atoms with van der Waals surface area (Å²) in [5, 5.41) is 0. The Morgan fingerprint density at radius 2 is 2.25 bits per heavy atom. The lowest BCUT2D eigenvalue weighted by Crippen LogP contribution is -2.34. The Morgan fingerprint density at radius 3 is 2.96 bits per heavy atom. The number of hydrogen-bond acceptors (Lipinski definition) is 3. The van der Waals surface area contributed by atoms with Crippen LogP contribution in [0.1, 0.15) is 50.2 Å². The van der Waals surface area contributed by atoms with Crippen molar-refractivity contribution < 1.29 is 14.3 Å². The van der Waals surface area contributed by atoms with Gasteiger partial charge >= 0.3 is 0 Å². The number of nitrogens with zero attached hydrogens (tertiary/aromatic N) is 1. The van der Waals surface area contributed by atoms with Crippen LogP contribution in [0.2, 0.25) is 0 Å². The fourth-order valence-electron chi connectivity index (χ4n) is 4.44. The standard InChI is InChI=1S/C20H27NO3/c1-13(2)14-4-5-18-16(10-14)20(7-9-24-18)11-17(20)19(22)21-8-6-15(12-21)23-3/h4-5,10,13,15,17H,6-9,11-12H2,1-3H3/t15-,17-,20-/m0/s1. The van der Waals surface area contributed by atoms with Gasteiger partial charge in [-0.15, -0.1) is 0 Å². The second-order valence-electron chi connectivity index (χ2n) is 7.85. The SMILES string of the molecule is CO[C@H]1CCN(C(=O)[C@@H]2C[C@]23CCOc2ccc(C(C)C)cc23)C1. The van der Waals surface area contributed by atoms with E-state index in [0.29, 0.717) is 11.8 Å². The molecule has 0 aromatic heterocycles. The summed E-state index contributed by atoms with van der Waals surface area (Å²) in [6.45, 7) is 6.72. The number of likely N-dealkylation sites (tertiary alicyclic amines) is 1. The zero-order valence-corrected chi connectivity index (χ0v) is 14.9.